The van der Waals surface area contributed by atoms with Gasteiger partial charge in [0.05, 0.1) is 6.42 Å². The number of rotatable bonds is 7. The number of carbonyl (C=O) groups excluding carboxylic acids is 1. The Bertz CT molecular complexity index is 428. The third-order valence-electron chi connectivity index (χ3n) is 2.89. The van der Waals surface area contributed by atoms with Gasteiger partial charge in [-0.25, -0.2) is 4.39 Å². The Kier molecular flexibility index (Phi) is 6.13. The molecule has 0 saturated carbocycles. The second-order valence-electron chi connectivity index (χ2n) is 4.70. The summed E-state index contributed by atoms with van der Waals surface area (Å²) in [4.78, 5) is 13.3. The summed E-state index contributed by atoms with van der Waals surface area (Å²) in [6, 6.07) is 5.24. The van der Waals surface area contributed by atoms with Gasteiger partial charge in [0.15, 0.2) is 5.78 Å². The van der Waals surface area contributed by atoms with Gasteiger partial charge in [0.25, 0.3) is 0 Å². The number of ketones is 1. The van der Waals surface area contributed by atoms with Crippen molar-refractivity contribution in [2.24, 2.45) is 0 Å². The summed E-state index contributed by atoms with van der Waals surface area (Å²) in [5.41, 5.74) is 0.421. The Morgan fingerprint density at radius 2 is 1.75 bits per heavy atom. The fourth-order valence-electron chi connectivity index (χ4n) is 1.72. The summed E-state index contributed by atoms with van der Waals surface area (Å²) in [5.74, 6) is -0.539. The van der Waals surface area contributed by atoms with Gasteiger partial charge in [0, 0.05) is 18.5 Å². The second kappa shape index (κ2) is 7.38. The van der Waals surface area contributed by atoms with Crippen LogP contribution in [0.25, 0.3) is 0 Å². The maximum atomic E-state index is 12.7. The number of nitrogens with zero attached hydrogens (tertiary/aromatic N) is 1. The average Bonchev–Trinajstić information content (AvgIpc) is 2.36. The molecule has 0 unspecified atom stereocenters. The van der Waals surface area contributed by atoms with E-state index in [1.54, 1.807) is 11.9 Å². The molecule has 0 spiro atoms. The minimum absolute atomic E-state index is 0.0752. The van der Waals surface area contributed by atoms with E-state index in [9.17, 15) is 22.4 Å². The van der Waals surface area contributed by atoms with Crippen LogP contribution < -0.4 is 0 Å². The van der Waals surface area contributed by atoms with Crippen LogP contribution in [0.4, 0.5) is 17.6 Å². The molecule has 0 saturated heterocycles. The first-order valence-electron chi connectivity index (χ1n) is 6.32. The zero-order valence-corrected chi connectivity index (χ0v) is 11.2. The molecule has 20 heavy (non-hydrogen) atoms. The van der Waals surface area contributed by atoms with Gasteiger partial charge in [-0.05, 0) is 44.3 Å². The first-order valence-corrected chi connectivity index (χ1v) is 6.32. The van der Waals surface area contributed by atoms with E-state index < -0.39 is 18.4 Å². The molecule has 0 atom stereocenters. The van der Waals surface area contributed by atoms with Gasteiger partial charge in [0.2, 0.25) is 0 Å². The molecule has 1 rings (SSSR count). The smallest absolute Gasteiger partial charge is 0.306 e. The molecule has 0 bridgehead atoms. The average molecular weight is 291 g/mol. The quantitative estimate of drug-likeness (QED) is 0.564. The fourth-order valence-corrected chi connectivity index (χ4v) is 1.72. The Morgan fingerprint density at radius 3 is 2.30 bits per heavy atom. The van der Waals surface area contributed by atoms with Gasteiger partial charge < -0.3 is 4.90 Å². The monoisotopic (exact) mass is 291 g/mol. The molecule has 1 aromatic carbocycles. The number of alkyl halides is 3. The van der Waals surface area contributed by atoms with Crippen molar-refractivity contribution in [3.63, 3.8) is 0 Å². The highest BCUT2D eigenvalue weighted by Gasteiger charge is 2.26. The highest BCUT2D eigenvalue weighted by molar-refractivity contribution is 5.95. The van der Waals surface area contributed by atoms with Gasteiger partial charge in [0.1, 0.15) is 5.82 Å². The number of Topliss-reactive ketones (excluding diaryl/α,β-unsaturated/α-hetero) is 1. The lowest BCUT2D eigenvalue weighted by molar-refractivity contribution is -0.137. The van der Waals surface area contributed by atoms with Crippen LogP contribution in [0.15, 0.2) is 24.3 Å². The third kappa shape index (κ3) is 6.65. The van der Waals surface area contributed by atoms with Gasteiger partial charge in [-0.1, -0.05) is 0 Å². The maximum Gasteiger partial charge on any atom is 0.390 e. The van der Waals surface area contributed by atoms with Gasteiger partial charge >= 0.3 is 6.18 Å². The van der Waals surface area contributed by atoms with E-state index in [2.05, 4.69) is 0 Å². The third-order valence-corrected chi connectivity index (χ3v) is 2.89. The van der Waals surface area contributed by atoms with Crippen LogP contribution in [0.2, 0.25) is 0 Å². The summed E-state index contributed by atoms with van der Waals surface area (Å²) < 4.78 is 48.7. The molecule has 0 heterocycles. The summed E-state index contributed by atoms with van der Waals surface area (Å²) >= 11 is 0. The number of benzene rings is 1. The van der Waals surface area contributed by atoms with E-state index in [-0.39, 0.29) is 18.7 Å². The first kappa shape index (κ1) is 16.6. The molecular weight excluding hydrogens is 274 g/mol. The SMILES string of the molecule is CN(CCCC(=O)c1ccc(F)cc1)CCC(F)(F)F. The van der Waals surface area contributed by atoms with Gasteiger partial charge in [-0.2, -0.15) is 13.2 Å². The molecule has 112 valence electrons. The fraction of sp³-hybridized carbons (Fsp3) is 0.500. The minimum atomic E-state index is -4.15. The number of hydrogen-bond donors (Lipinski definition) is 0. The molecule has 0 N–H and O–H groups in total. The molecule has 1 aromatic rings. The lowest BCUT2D eigenvalue weighted by Crippen LogP contribution is -2.25. The molecule has 0 aliphatic rings. The van der Waals surface area contributed by atoms with E-state index in [1.165, 1.54) is 24.3 Å². The lowest BCUT2D eigenvalue weighted by Gasteiger charge is -2.17. The normalized spacial score (nSPS) is 11.9. The summed E-state index contributed by atoms with van der Waals surface area (Å²) in [7, 11) is 1.59. The zero-order chi connectivity index (χ0) is 15.2. The minimum Gasteiger partial charge on any atom is -0.306 e. The maximum absolute atomic E-state index is 12.7. The van der Waals surface area contributed by atoms with E-state index in [0.29, 0.717) is 18.5 Å². The molecular formula is C14H17F4NO. The van der Waals surface area contributed by atoms with Crippen molar-refractivity contribution < 1.29 is 22.4 Å². The predicted molar refractivity (Wildman–Crippen MR) is 68.1 cm³/mol. The lowest BCUT2D eigenvalue weighted by atomic mass is 10.1. The molecule has 0 amide bonds. The molecule has 0 aromatic heterocycles. The number of hydrogen-bond acceptors (Lipinski definition) is 2. The van der Waals surface area contributed by atoms with Crippen molar-refractivity contribution in [1.82, 2.24) is 4.90 Å². The van der Waals surface area contributed by atoms with Gasteiger partial charge in [-0.15, -0.1) is 0 Å². The summed E-state index contributed by atoms with van der Waals surface area (Å²) in [5, 5.41) is 0. The summed E-state index contributed by atoms with van der Waals surface area (Å²) in [6.07, 6.45) is -4.29. The van der Waals surface area contributed by atoms with Crippen molar-refractivity contribution in [1.29, 1.82) is 0 Å². The van der Waals surface area contributed by atoms with Crippen LogP contribution in [0, 0.1) is 5.82 Å². The van der Waals surface area contributed by atoms with E-state index in [4.69, 9.17) is 0 Å². The topological polar surface area (TPSA) is 20.3 Å². The van der Waals surface area contributed by atoms with E-state index >= 15 is 0 Å². The van der Waals surface area contributed by atoms with Crippen molar-refractivity contribution in [2.75, 3.05) is 20.1 Å². The largest absolute Gasteiger partial charge is 0.390 e. The van der Waals surface area contributed by atoms with E-state index in [0.717, 1.165) is 0 Å². The highest BCUT2D eigenvalue weighted by Crippen LogP contribution is 2.19. The van der Waals surface area contributed by atoms with Crippen molar-refractivity contribution in [2.45, 2.75) is 25.4 Å². The van der Waals surface area contributed by atoms with Crippen molar-refractivity contribution >= 4 is 5.78 Å². The molecule has 6 heteroatoms. The number of carbonyl (C=O) groups is 1. The zero-order valence-electron chi connectivity index (χ0n) is 11.2. The number of halogens is 4. The van der Waals surface area contributed by atoms with Crippen LogP contribution >= 0.6 is 0 Å². The van der Waals surface area contributed by atoms with Crippen LogP contribution in [0.3, 0.4) is 0 Å². The molecule has 2 nitrogen and oxygen atoms in total. The van der Waals surface area contributed by atoms with Gasteiger partial charge in [-0.3, -0.25) is 4.79 Å². The van der Waals surface area contributed by atoms with Crippen LogP contribution in [0.5, 0.6) is 0 Å². The summed E-state index contributed by atoms with van der Waals surface area (Å²) in [6.45, 7) is 0.344. The standard InChI is InChI=1S/C14H17F4NO/c1-19(10-8-14(16,17)18)9-2-3-13(20)11-4-6-12(15)7-5-11/h4-7H,2-3,8-10H2,1H3. The van der Waals surface area contributed by atoms with Crippen LogP contribution in [-0.4, -0.2) is 37.0 Å². The molecule has 0 fully saturated rings. The van der Waals surface area contributed by atoms with Crippen LogP contribution in [0.1, 0.15) is 29.6 Å². The molecule has 0 radical (unpaired) electrons. The Balaban J connectivity index is 2.26. The Morgan fingerprint density at radius 1 is 1.15 bits per heavy atom. The Labute approximate surface area is 115 Å². The molecule has 0 aliphatic heterocycles. The first-order chi connectivity index (χ1) is 9.28. The van der Waals surface area contributed by atoms with Crippen molar-refractivity contribution in [3.8, 4) is 0 Å². The van der Waals surface area contributed by atoms with Crippen LogP contribution in [-0.2, 0) is 0 Å². The van der Waals surface area contributed by atoms with Crippen molar-refractivity contribution in [3.05, 3.63) is 35.6 Å². The van der Waals surface area contributed by atoms with E-state index in [1.807, 2.05) is 0 Å². The predicted octanol–water partition coefficient (Wildman–Crippen LogP) is 3.67. The highest BCUT2D eigenvalue weighted by atomic mass is 19.4. The Hall–Kier alpha value is -1.43. The molecule has 0 aliphatic carbocycles. The second-order valence-corrected chi connectivity index (χ2v) is 4.70.